The summed E-state index contributed by atoms with van der Waals surface area (Å²) in [7, 11) is 1.76. The van der Waals surface area contributed by atoms with Gasteiger partial charge in [-0.3, -0.25) is 4.68 Å². The summed E-state index contributed by atoms with van der Waals surface area (Å²) in [4.78, 5) is 0. The number of rotatable bonds is 3. The smallest absolute Gasteiger partial charge is 0.126 e. The van der Waals surface area contributed by atoms with Gasteiger partial charge in [0.05, 0.1) is 12.3 Å². The summed E-state index contributed by atoms with van der Waals surface area (Å²) in [5.74, 6) is -1.38. The predicted molar refractivity (Wildman–Crippen MR) is 58.2 cm³/mol. The third-order valence-electron chi connectivity index (χ3n) is 2.46. The average Bonchev–Trinajstić information content (AvgIpc) is 2.62. The van der Waals surface area contributed by atoms with Crippen molar-refractivity contribution in [1.29, 1.82) is 0 Å². The summed E-state index contributed by atoms with van der Waals surface area (Å²) in [5, 5.41) is 13.8. The quantitative estimate of drug-likeness (QED) is 0.887. The molecule has 0 saturated heterocycles. The van der Waals surface area contributed by atoms with Crippen molar-refractivity contribution in [3.05, 3.63) is 53.4 Å². The Morgan fingerprint density at radius 3 is 2.47 bits per heavy atom. The van der Waals surface area contributed by atoms with Crippen molar-refractivity contribution in [3.63, 3.8) is 0 Å². The van der Waals surface area contributed by atoms with Gasteiger partial charge in [-0.05, 0) is 23.3 Å². The molecular formula is C12H12F2N2O. The number of aliphatic hydroxyl groups excluding tert-OH is 1. The Kier molecular flexibility index (Phi) is 3.19. The van der Waals surface area contributed by atoms with Gasteiger partial charge < -0.3 is 5.11 Å². The maximum absolute atomic E-state index is 13.0. The zero-order chi connectivity index (χ0) is 12.4. The molecule has 1 atom stereocenters. The molecule has 90 valence electrons. The molecule has 17 heavy (non-hydrogen) atoms. The van der Waals surface area contributed by atoms with Crippen molar-refractivity contribution in [3.8, 4) is 0 Å². The van der Waals surface area contributed by atoms with Crippen LogP contribution >= 0.6 is 0 Å². The molecule has 0 saturated carbocycles. The summed E-state index contributed by atoms with van der Waals surface area (Å²) >= 11 is 0. The van der Waals surface area contributed by atoms with E-state index in [1.807, 2.05) is 0 Å². The fourth-order valence-electron chi connectivity index (χ4n) is 1.69. The molecule has 2 rings (SSSR count). The molecule has 2 aromatic rings. The highest BCUT2D eigenvalue weighted by molar-refractivity contribution is 5.22. The summed E-state index contributed by atoms with van der Waals surface area (Å²) in [6.07, 6.45) is 2.69. The molecule has 0 amide bonds. The van der Waals surface area contributed by atoms with E-state index >= 15 is 0 Å². The first-order valence-corrected chi connectivity index (χ1v) is 5.16. The molecule has 1 N–H and O–H groups in total. The van der Waals surface area contributed by atoms with Crippen molar-refractivity contribution < 1.29 is 13.9 Å². The molecule has 0 fully saturated rings. The van der Waals surface area contributed by atoms with Crippen LogP contribution in [0.4, 0.5) is 8.78 Å². The van der Waals surface area contributed by atoms with Crippen LogP contribution in [-0.2, 0) is 13.5 Å². The van der Waals surface area contributed by atoms with E-state index in [9.17, 15) is 13.9 Å². The maximum Gasteiger partial charge on any atom is 0.126 e. The Hall–Kier alpha value is -1.75. The standard InChI is InChI=1S/C12H12F2N2O/c1-16-7-8(6-15-16)2-12(17)9-3-10(13)5-11(14)4-9/h3-7,12,17H,2H2,1H3. The molecule has 0 aliphatic heterocycles. The van der Waals surface area contributed by atoms with Crippen LogP contribution in [0.1, 0.15) is 17.2 Å². The fourth-order valence-corrected chi connectivity index (χ4v) is 1.69. The number of hydrogen-bond donors (Lipinski definition) is 1. The van der Waals surface area contributed by atoms with Crippen LogP contribution in [0, 0.1) is 11.6 Å². The topological polar surface area (TPSA) is 38.0 Å². The van der Waals surface area contributed by atoms with Crippen LogP contribution in [0.3, 0.4) is 0 Å². The second-order valence-electron chi connectivity index (χ2n) is 3.94. The normalized spacial score (nSPS) is 12.7. The van der Waals surface area contributed by atoms with Gasteiger partial charge in [-0.2, -0.15) is 5.10 Å². The number of aromatic nitrogens is 2. The number of hydrogen-bond acceptors (Lipinski definition) is 2. The van der Waals surface area contributed by atoms with Gasteiger partial charge in [-0.15, -0.1) is 0 Å². The third kappa shape index (κ3) is 2.88. The van der Waals surface area contributed by atoms with Gasteiger partial charge in [0.15, 0.2) is 0 Å². The molecule has 0 spiro atoms. The first-order chi connectivity index (χ1) is 8.04. The molecule has 1 heterocycles. The minimum Gasteiger partial charge on any atom is -0.388 e. The van der Waals surface area contributed by atoms with Gasteiger partial charge in [-0.25, -0.2) is 8.78 Å². The lowest BCUT2D eigenvalue weighted by molar-refractivity contribution is 0.177. The number of halogens is 2. The Morgan fingerprint density at radius 1 is 1.29 bits per heavy atom. The highest BCUT2D eigenvalue weighted by Crippen LogP contribution is 2.20. The second-order valence-corrected chi connectivity index (χ2v) is 3.94. The summed E-state index contributed by atoms with van der Waals surface area (Å²) in [5.41, 5.74) is 1.04. The number of aryl methyl sites for hydroxylation is 1. The van der Waals surface area contributed by atoms with Crippen LogP contribution in [0.2, 0.25) is 0 Å². The highest BCUT2D eigenvalue weighted by atomic mass is 19.1. The van der Waals surface area contributed by atoms with Crippen LogP contribution < -0.4 is 0 Å². The summed E-state index contributed by atoms with van der Waals surface area (Å²) in [6.45, 7) is 0. The highest BCUT2D eigenvalue weighted by Gasteiger charge is 2.12. The van der Waals surface area contributed by atoms with E-state index in [0.29, 0.717) is 0 Å². The van der Waals surface area contributed by atoms with Crippen LogP contribution in [-0.4, -0.2) is 14.9 Å². The van der Waals surface area contributed by atoms with Gasteiger partial charge in [-0.1, -0.05) is 0 Å². The zero-order valence-corrected chi connectivity index (χ0v) is 9.27. The number of benzene rings is 1. The predicted octanol–water partition coefficient (Wildman–Crippen LogP) is 1.97. The van der Waals surface area contributed by atoms with Crippen molar-refractivity contribution in [2.75, 3.05) is 0 Å². The van der Waals surface area contributed by atoms with Gasteiger partial charge in [0.25, 0.3) is 0 Å². The van der Waals surface area contributed by atoms with E-state index in [1.54, 1.807) is 24.1 Å². The van der Waals surface area contributed by atoms with E-state index < -0.39 is 17.7 Å². The van der Waals surface area contributed by atoms with Crippen LogP contribution in [0.15, 0.2) is 30.6 Å². The van der Waals surface area contributed by atoms with Crippen molar-refractivity contribution in [2.45, 2.75) is 12.5 Å². The van der Waals surface area contributed by atoms with Crippen molar-refractivity contribution in [1.82, 2.24) is 9.78 Å². The summed E-state index contributed by atoms with van der Waals surface area (Å²) < 4.78 is 27.5. The SMILES string of the molecule is Cn1cc(CC(O)c2cc(F)cc(F)c2)cn1. The Balaban J connectivity index is 2.16. The monoisotopic (exact) mass is 238 g/mol. The van der Waals surface area contributed by atoms with E-state index in [2.05, 4.69) is 5.10 Å². The Morgan fingerprint density at radius 2 is 1.94 bits per heavy atom. The van der Waals surface area contributed by atoms with E-state index in [4.69, 9.17) is 0 Å². The molecule has 0 aliphatic carbocycles. The van der Waals surface area contributed by atoms with Crippen molar-refractivity contribution in [2.24, 2.45) is 7.05 Å². The molecule has 5 heteroatoms. The lowest BCUT2D eigenvalue weighted by atomic mass is 10.0. The van der Waals surface area contributed by atoms with Crippen molar-refractivity contribution >= 4 is 0 Å². The van der Waals surface area contributed by atoms with Gasteiger partial charge in [0.1, 0.15) is 11.6 Å². The minimum atomic E-state index is -0.940. The number of nitrogens with zero attached hydrogens (tertiary/aromatic N) is 2. The van der Waals surface area contributed by atoms with Gasteiger partial charge >= 0.3 is 0 Å². The van der Waals surface area contributed by atoms with E-state index in [1.165, 1.54) is 0 Å². The molecule has 0 bridgehead atoms. The van der Waals surface area contributed by atoms with Crippen LogP contribution in [0.5, 0.6) is 0 Å². The largest absolute Gasteiger partial charge is 0.388 e. The molecule has 1 unspecified atom stereocenters. The fraction of sp³-hybridized carbons (Fsp3) is 0.250. The Bertz CT molecular complexity index is 505. The molecule has 0 radical (unpaired) electrons. The maximum atomic E-state index is 13.0. The minimum absolute atomic E-state index is 0.228. The first-order valence-electron chi connectivity index (χ1n) is 5.16. The lowest BCUT2D eigenvalue weighted by Crippen LogP contribution is -2.02. The molecular weight excluding hydrogens is 226 g/mol. The zero-order valence-electron chi connectivity index (χ0n) is 9.27. The molecule has 0 aliphatic rings. The second kappa shape index (κ2) is 4.63. The lowest BCUT2D eigenvalue weighted by Gasteiger charge is -2.09. The average molecular weight is 238 g/mol. The van der Waals surface area contributed by atoms with E-state index in [0.717, 1.165) is 23.8 Å². The van der Waals surface area contributed by atoms with Gasteiger partial charge in [0.2, 0.25) is 0 Å². The summed E-state index contributed by atoms with van der Waals surface area (Å²) in [6, 6.07) is 3.04. The van der Waals surface area contributed by atoms with Crippen LogP contribution in [0.25, 0.3) is 0 Å². The molecule has 1 aromatic carbocycles. The molecule has 1 aromatic heterocycles. The van der Waals surface area contributed by atoms with E-state index in [-0.39, 0.29) is 12.0 Å². The Labute approximate surface area is 97.3 Å². The van der Waals surface area contributed by atoms with Gasteiger partial charge in [0, 0.05) is 25.7 Å². The molecule has 3 nitrogen and oxygen atoms in total. The first kappa shape index (κ1) is 11.7. The number of aliphatic hydroxyl groups is 1. The third-order valence-corrected chi connectivity index (χ3v) is 2.46.